The number of hydrogen-bond acceptors (Lipinski definition) is 1. The van der Waals surface area contributed by atoms with Gasteiger partial charge in [-0.2, -0.15) is 0 Å². The maximum Gasteiger partial charge on any atom is 0.219 e. The molecule has 0 aromatic carbocycles. The van der Waals surface area contributed by atoms with Crippen molar-refractivity contribution in [2.75, 3.05) is 6.54 Å². The Bertz CT molecular complexity index is 141. The fraction of sp³-hybridized carbons (Fsp3) is 0.900. The van der Waals surface area contributed by atoms with Gasteiger partial charge in [0.15, 0.2) is 0 Å². The van der Waals surface area contributed by atoms with Crippen molar-refractivity contribution in [3.05, 3.63) is 0 Å². The van der Waals surface area contributed by atoms with Gasteiger partial charge in [-0.05, 0) is 26.2 Å². The molecule has 0 spiro atoms. The van der Waals surface area contributed by atoms with Gasteiger partial charge in [0.2, 0.25) is 5.91 Å². The highest BCUT2D eigenvalue weighted by Gasteiger charge is 2.11. The summed E-state index contributed by atoms with van der Waals surface area (Å²) in [7, 11) is 0. The lowest BCUT2D eigenvalue weighted by molar-refractivity contribution is -0.130. The largest absolute Gasteiger partial charge is 0.341 e. The number of amides is 1. The van der Waals surface area contributed by atoms with Crippen LogP contribution in [0.4, 0.5) is 0 Å². The highest BCUT2D eigenvalue weighted by molar-refractivity contribution is 5.73. The topological polar surface area (TPSA) is 20.3 Å². The van der Waals surface area contributed by atoms with Gasteiger partial charge in [0, 0.05) is 19.5 Å². The first-order valence-electron chi connectivity index (χ1n) is 4.72. The van der Waals surface area contributed by atoms with Crippen molar-refractivity contribution in [2.24, 2.45) is 5.92 Å². The molecule has 0 aliphatic rings. The second kappa shape index (κ2) is 5.18. The molecule has 0 aliphatic heterocycles. The van der Waals surface area contributed by atoms with Crippen LogP contribution in [-0.2, 0) is 4.79 Å². The number of carbonyl (C=O) groups is 1. The first kappa shape index (κ1) is 11.5. The smallest absolute Gasteiger partial charge is 0.219 e. The predicted molar refractivity (Wildman–Crippen MR) is 52.0 cm³/mol. The van der Waals surface area contributed by atoms with Crippen LogP contribution in [0.15, 0.2) is 0 Å². The molecular weight excluding hydrogens is 150 g/mol. The number of rotatable bonds is 4. The van der Waals surface area contributed by atoms with Gasteiger partial charge in [-0.25, -0.2) is 0 Å². The third-order valence-electron chi connectivity index (χ3n) is 1.98. The fourth-order valence-electron chi connectivity index (χ4n) is 1.18. The molecule has 0 aromatic rings. The van der Waals surface area contributed by atoms with E-state index in [4.69, 9.17) is 0 Å². The van der Waals surface area contributed by atoms with Gasteiger partial charge in [0.1, 0.15) is 0 Å². The molecule has 72 valence electrons. The molecule has 2 heteroatoms. The SMILES string of the molecule is CC(=O)N(CCC(C)C)C(C)C. The lowest BCUT2D eigenvalue weighted by Crippen LogP contribution is -2.36. The van der Waals surface area contributed by atoms with Crippen molar-refractivity contribution in [1.29, 1.82) is 0 Å². The fourth-order valence-corrected chi connectivity index (χ4v) is 1.18. The summed E-state index contributed by atoms with van der Waals surface area (Å²) in [6.07, 6.45) is 1.10. The van der Waals surface area contributed by atoms with E-state index >= 15 is 0 Å². The van der Waals surface area contributed by atoms with Crippen LogP contribution in [0.3, 0.4) is 0 Å². The Kier molecular flexibility index (Phi) is 4.95. The third kappa shape index (κ3) is 4.37. The van der Waals surface area contributed by atoms with E-state index in [1.165, 1.54) is 0 Å². The van der Waals surface area contributed by atoms with E-state index in [2.05, 4.69) is 27.7 Å². The van der Waals surface area contributed by atoms with Crippen LogP contribution in [0.1, 0.15) is 41.0 Å². The summed E-state index contributed by atoms with van der Waals surface area (Å²) in [6.45, 7) is 11.0. The molecule has 12 heavy (non-hydrogen) atoms. The average molecular weight is 171 g/mol. The van der Waals surface area contributed by atoms with Crippen LogP contribution in [-0.4, -0.2) is 23.4 Å². The van der Waals surface area contributed by atoms with E-state index in [1.807, 2.05) is 4.90 Å². The molecule has 0 N–H and O–H groups in total. The molecule has 0 unspecified atom stereocenters. The van der Waals surface area contributed by atoms with E-state index in [0.717, 1.165) is 13.0 Å². The van der Waals surface area contributed by atoms with Gasteiger partial charge in [-0.1, -0.05) is 13.8 Å². The minimum atomic E-state index is 0.186. The van der Waals surface area contributed by atoms with Gasteiger partial charge in [0.25, 0.3) is 0 Å². The first-order valence-corrected chi connectivity index (χ1v) is 4.72. The minimum absolute atomic E-state index is 0.186. The zero-order valence-corrected chi connectivity index (χ0v) is 8.92. The van der Waals surface area contributed by atoms with E-state index in [1.54, 1.807) is 6.92 Å². The summed E-state index contributed by atoms with van der Waals surface area (Å²) < 4.78 is 0. The Hall–Kier alpha value is -0.530. The Morgan fingerprint density at radius 3 is 2.00 bits per heavy atom. The van der Waals surface area contributed by atoms with Crippen LogP contribution >= 0.6 is 0 Å². The van der Waals surface area contributed by atoms with E-state index in [-0.39, 0.29) is 5.91 Å². The standard InChI is InChI=1S/C10H21NO/c1-8(2)6-7-11(9(3)4)10(5)12/h8-9H,6-7H2,1-5H3. The molecule has 0 aromatic heterocycles. The van der Waals surface area contributed by atoms with Gasteiger partial charge in [-0.3, -0.25) is 4.79 Å². The summed E-state index contributed by atoms with van der Waals surface area (Å²) >= 11 is 0. The minimum Gasteiger partial charge on any atom is -0.341 e. The average Bonchev–Trinajstić information content (AvgIpc) is 1.84. The third-order valence-corrected chi connectivity index (χ3v) is 1.98. The summed E-state index contributed by atoms with van der Waals surface area (Å²) in [5.74, 6) is 0.858. The maximum absolute atomic E-state index is 11.1. The van der Waals surface area contributed by atoms with Crippen LogP contribution in [0.5, 0.6) is 0 Å². The molecule has 0 heterocycles. The van der Waals surface area contributed by atoms with Crippen LogP contribution < -0.4 is 0 Å². The summed E-state index contributed by atoms with van der Waals surface area (Å²) in [6, 6.07) is 0.334. The monoisotopic (exact) mass is 171 g/mol. The maximum atomic E-state index is 11.1. The Balaban J connectivity index is 3.88. The van der Waals surface area contributed by atoms with Gasteiger partial charge >= 0.3 is 0 Å². The van der Waals surface area contributed by atoms with Crippen LogP contribution in [0.25, 0.3) is 0 Å². The van der Waals surface area contributed by atoms with Crippen molar-refractivity contribution in [2.45, 2.75) is 47.1 Å². The van der Waals surface area contributed by atoms with Crippen molar-refractivity contribution in [3.63, 3.8) is 0 Å². The normalized spacial score (nSPS) is 10.9. The molecule has 2 nitrogen and oxygen atoms in total. The molecule has 0 rings (SSSR count). The molecule has 0 aliphatic carbocycles. The zero-order valence-electron chi connectivity index (χ0n) is 8.92. The zero-order chi connectivity index (χ0) is 9.72. The molecule has 0 saturated carbocycles. The summed E-state index contributed by atoms with van der Waals surface area (Å²) in [4.78, 5) is 13.0. The molecule has 0 atom stereocenters. The molecule has 0 radical (unpaired) electrons. The number of carbonyl (C=O) groups excluding carboxylic acids is 1. The van der Waals surface area contributed by atoms with Gasteiger partial charge in [0.05, 0.1) is 0 Å². The Labute approximate surface area is 75.9 Å². The molecule has 0 bridgehead atoms. The van der Waals surface area contributed by atoms with E-state index < -0.39 is 0 Å². The Morgan fingerprint density at radius 2 is 1.75 bits per heavy atom. The molecule has 0 fully saturated rings. The second-order valence-electron chi connectivity index (χ2n) is 3.99. The molecule has 1 amide bonds. The van der Waals surface area contributed by atoms with E-state index in [0.29, 0.717) is 12.0 Å². The van der Waals surface area contributed by atoms with Crippen LogP contribution in [0.2, 0.25) is 0 Å². The molecule has 0 saturated heterocycles. The Morgan fingerprint density at radius 1 is 1.25 bits per heavy atom. The highest BCUT2D eigenvalue weighted by Crippen LogP contribution is 2.05. The van der Waals surface area contributed by atoms with Crippen molar-refractivity contribution < 1.29 is 4.79 Å². The van der Waals surface area contributed by atoms with E-state index in [9.17, 15) is 4.79 Å². The summed E-state index contributed by atoms with van der Waals surface area (Å²) in [5, 5.41) is 0. The summed E-state index contributed by atoms with van der Waals surface area (Å²) in [5.41, 5.74) is 0. The quantitative estimate of drug-likeness (QED) is 0.635. The number of hydrogen-bond donors (Lipinski definition) is 0. The lowest BCUT2D eigenvalue weighted by atomic mass is 10.1. The van der Waals surface area contributed by atoms with Crippen LogP contribution in [0, 0.1) is 5.92 Å². The van der Waals surface area contributed by atoms with Gasteiger partial charge < -0.3 is 4.90 Å². The molecular formula is C10H21NO. The second-order valence-corrected chi connectivity index (χ2v) is 3.99. The highest BCUT2D eigenvalue weighted by atomic mass is 16.2. The lowest BCUT2D eigenvalue weighted by Gasteiger charge is -2.26. The van der Waals surface area contributed by atoms with Crippen molar-refractivity contribution in [1.82, 2.24) is 4.90 Å². The van der Waals surface area contributed by atoms with Crippen molar-refractivity contribution in [3.8, 4) is 0 Å². The predicted octanol–water partition coefficient (Wildman–Crippen LogP) is 2.29. The van der Waals surface area contributed by atoms with Gasteiger partial charge in [-0.15, -0.1) is 0 Å². The van der Waals surface area contributed by atoms with Crippen molar-refractivity contribution >= 4 is 5.91 Å². The number of nitrogens with zero attached hydrogens (tertiary/aromatic N) is 1. The first-order chi connectivity index (χ1) is 5.45.